The smallest absolute Gasteiger partial charge is 0.244 e. The molecule has 0 spiro atoms. The molecule has 1 amide bonds. The third kappa shape index (κ3) is 4.12. The van der Waals surface area contributed by atoms with Crippen LogP contribution in [0.2, 0.25) is 0 Å². The Hall–Kier alpha value is -3.01. The van der Waals surface area contributed by atoms with Crippen molar-refractivity contribution in [1.29, 1.82) is 0 Å². The van der Waals surface area contributed by atoms with E-state index in [1.165, 1.54) is 24.0 Å². The third-order valence-corrected chi connectivity index (χ3v) is 6.39. The fourth-order valence-electron chi connectivity index (χ4n) is 4.78. The van der Waals surface area contributed by atoms with E-state index in [0.717, 1.165) is 57.4 Å². The Morgan fingerprint density at radius 1 is 1.13 bits per heavy atom. The van der Waals surface area contributed by atoms with Crippen LogP contribution in [0.15, 0.2) is 41.0 Å². The third-order valence-electron chi connectivity index (χ3n) is 6.39. The second kappa shape index (κ2) is 8.62. The van der Waals surface area contributed by atoms with Crippen LogP contribution in [0.5, 0.6) is 5.75 Å². The number of ether oxygens (including phenoxy) is 1. The number of hydrogen-bond donors (Lipinski definition) is 1. The zero-order valence-electron chi connectivity index (χ0n) is 19.1. The van der Waals surface area contributed by atoms with Crippen molar-refractivity contribution in [3.8, 4) is 16.9 Å². The Morgan fingerprint density at radius 2 is 1.87 bits per heavy atom. The topological polar surface area (TPSA) is 51.5 Å². The number of allylic oxidation sites excluding steroid dienone is 1. The first-order chi connectivity index (χ1) is 14.9. The highest BCUT2D eigenvalue weighted by molar-refractivity contribution is 6.02. The molecule has 2 aromatic carbocycles. The van der Waals surface area contributed by atoms with E-state index in [9.17, 15) is 4.79 Å². The Labute approximate surface area is 184 Å². The molecule has 0 atom stereocenters. The first-order valence-corrected chi connectivity index (χ1v) is 11.0. The average Bonchev–Trinajstić information content (AvgIpc) is 3.38. The first-order valence-electron chi connectivity index (χ1n) is 11.0. The van der Waals surface area contributed by atoms with Gasteiger partial charge in [0.25, 0.3) is 0 Å². The summed E-state index contributed by atoms with van der Waals surface area (Å²) in [6, 6.07) is 8.84. The van der Waals surface area contributed by atoms with Crippen molar-refractivity contribution in [2.75, 3.05) is 7.11 Å². The molecule has 31 heavy (non-hydrogen) atoms. The largest absolute Gasteiger partial charge is 0.496 e. The SMILES string of the molecule is COc1c(/C(C)=C/C(=O)NC2CCCC2)cc2c(-c3ccc(C)cc3C)coc2c1C. The number of rotatable bonds is 5. The van der Waals surface area contributed by atoms with Gasteiger partial charge < -0.3 is 14.5 Å². The minimum atomic E-state index is -0.0361. The van der Waals surface area contributed by atoms with Crippen LogP contribution in [0.4, 0.5) is 0 Å². The maximum atomic E-state index is 12.6. The Kier molecular flexibility index (Phi) is 5.90. The molecule has 4 heteroatoms. The molecule has 1 aliphatic carbocycles. The summed E-state index contributed by atoms with van der Waals surface area (Å²) < 4.78 is 11.7. The number of benzene rings is 2. The van der Waals surface area contributed by atoms with Crippen molar-refractivity contribution in [2.45, 2.75) is 59.4 Å². The van der Waals surface area contributed by atoms with Gasteiger partial charge in [0.2, 0.25) is 5.91 Å². The van der Waals surface area contributed by atoms with E-state index < -0.39 is 0 Å². The number of fused-ring (bicyclic) bond motifs is 1. The summed E-state index contributed by atoms with van der Waals surface area (Å²) in [4.78, 5) is 12.6. The molecule has 0 aliphatic heterocycles. The summed E-state index contributed by atoms with van der Waals surface area (Å²) in [7, 11) is 1.66. The standard InChI is InChI=1S/C27H31NO3/c1-16-10-11-21(17(2)12-16)24-15-31-27-19(4)26(30-5)22(14-23(24)27)18(3)13-25(29)28-20-8-6-7-9-20/h10-15,20H,6-9H2,1-5H3,(H,28,29)/b18-13+. The van der Waals surface area contributed by atoms with E-state index in [2.05, 4.69) is 43.4 Å². The molecule has 0 bridgehead atoms. The van der Waals surface area contributed by atoms with Crippen LogP contribution in [0.1, 0.15) is 54.9 Å². The predicted molar refractivity (Wildman–Crippen MR) is 126 cm³/mol. The summed E-state index contributed by atoms with van der Waals surface area (Å²) in [6.07, 6.45) is 8.05. The van der Waals surface area contributed by atoms with Crippen molar-refractivity contribution >= 4 is 22.4 Å². The van der Waals surface area contributed by atoms with Gasteiger partial charge in [-0.1, -0.05) is 36.6 Å². The van der Waals surface area contributed by atoms with Crippen molar-refractivity contribution in [1.82, 2.24) is 5.32 Å². The van der Waals surface area contributed by atoms with Gasteiger partial charge in [0, 0.05) is 34.2 Å². The van der Waals surface area contributed by atoms with Gasteiger partial charge in [0.1, 0.15) is 11.3 Å². The molecule has 1 heterocycles. The Balaban J connectivity index is 1.79. The monoisotopic (exact) mass is 417 g/mol. The molecule has 1 fully saturated rings. The number of nitrogens with one attached hydrogen (secondary N) is 1. The lowest BCUT2D eigenvalue weighted by molar-refractivity contribution is -0.117. The highest BCUT2D eigenvalue weighted by Crippen LogP contribution is 2.41. The van der Waals surface area contributed by atoms with Gasteiger partial charge in [0.05, 0.1) is 13.4 Å². The van der Waals surface area contributed by atoms with E-state index in [1.807, 2.05) is 20.1 Å². The van der Waals surface area contributed by atoms with Gasteiger partial charge in [-0.2, -0.15) is 0 Å². The highest BCUT2D eigenvalue weighted by Gasteiger charge is 2.20. The summed E-state index contributed by atoms with van der Waals surface area (Å²) >= 11 is 0. The Morgan fingerprint density at radius 3 is 2.55 bits per heavy atom. The maximum Gasteiger partial charge on any atom is 0.244 e. The van der Waals surface area contributed by atoms with Crippen LogP contribution in [0, 0.1) is 20.8 Å². The number of carbonyl (C=O) groups is 1. The Bertz CT molecular complexity index is 1160. The summed E-state index contributed by atoms with van der Waals surface area (Å²) in [5, 5.41) is 4.17. The molecule has 4 nitrogen and oxygen atoms in total. The maximum absolute atomic E-state index is 12.6. The van der Waals surface area contributed by atoms with Crippen LogP contribution < -0.4 is 10.1 Å². The van der Waals surface area contributed by atoms with Gasteiger partial charge in [-0.15, -0.1) is 0 Å². The first kappa shape index (κ1) is 21.2. The number of carbonyl (C=O) groups excluding carboxylic acids is 1. The summed E-state index contributed by atoms with van der Waals surface area (Å²) in [6.45, 7) is 8.19. The van der Waals surface area contributed by atoms with Crippen LogP contribution >= 0.6 is 0 Å². The fraction of sp³-hybridized carbons (Fsp3) is 0.370. The lowest BCUT2D eigenvalue weighted by Crippen LogP contribution is -2.31. The lowest BCUT2D eigenvalue weighted by Gasteiger charge is -2.14. The molecule has 162 valence electrons. The van der Waals surface area contributed by atoms with Crippen molar-refractivity contribution in [2.24, 2.45) is 0 Å². The normalized spacial score (nSPS) is 14.9. The molecule has 0 saturated heterocycles. The van der Waals surface area contributed by atoms with E-state index >= 15 is 0 Å². The number of amides is 1. The van der Waals surface area contributed by atoms with Crippen molar-refractivity contribution in [3.05, 3.63) is 58.9 Å². The van der Waals surface area contributed by atoms with E-state index in [1.54, 1.807) is 13.2 Å². The second-order valence-corrected chi connectivity index (χ2v) is 8.74. The van der Waals surface area contributed by atoms with E-state index in [0.29, 0.717) is 6.04 Å². The van der Waals surface area contributed by atoms with Gasteiger partial charge in [-0.25, -0.2) is 0 Å². The highest BCUT2D eigenvalue weighted by atomic mass is 16.5. The van der Waals surface area contributed by atoms with Gasteiger partial charge >= 0.3 is 0 Å². The minimum Gasteiger partial charge on any atom is -0.496 e. The van der Waals surface area contributed by atoms with E-state index in [4.69, 9.17) is 9.15 Å². The second-order valence-electron chi connectivity index (χ2n) is 8.74. The number of methoxy groups -OCH3 is 1. The molecule has 1 saturated carbocycles. The molecule has 1 aliphatic rings. The average molecular weight is 418 g/mol. The van der Waals surface area contributed by atoms with Gasteiger partial charge in [0.15, 0.2) is 0 Å². The molecular weight excluding hydrogens is 386 g/mol. The van der Waals surface area contributed by atoms with Gasteiger partial charge in [-0.05, 0) is 63.3 Å². The molecule has 4 rings (SSSR count). The zero-order valence-corrected chi connectivity index (χ0v) is 19.1. The zero-order chi connectivity index (χ0) is 22.1. The minimum absolute atomic E-state index is 0.0361. The molecular formula is C27H31NO3. The molecule has 3 aromatic rings. The van der Waals surface area contributed by atoms with Crippen molar-refractivity contribution in [3.63, 3.8) is 0 Å². The predicted octanol–water partition coefficient (Wildman–Crippen LogP) is 6.50. The van der Waals surface area contributed by atoms with Crippen LogP contribution in [-0.2, 0) is 4.79 Å². The molecule has 1 N–H and O–H groups in total. The van der Waals surface area contributed by atoms with Gasteiger partial charge in [-0.3, -0.25) is 4.79 Å². The summed E-state index contributed by atoms with van der Waals surface area (Å²) in [5.74, 6) is 0.711. The van der Waals surface area contributed by atoms with Crippen LogP contribution in [0.25, 0.3) is 27.7 Å². The van der Waals surface area contributed by atoms with Crippen LogP contribution in [-0.4, -0.2) is 19.1 Å². The van der Waals surface area contributed by atoms with Crippen molar-refractivity contribution < 1.29 is 13.9 Å². The molecule has 0 unspecified atom stereocenters. The number of furan rings is 1. The van der Waals surface area contributed by atoms with Crippen LogP contribution in [0.3, 0.4) is 0 Å². The number of aryl methyl sites for hydroxylation is 3. The molecule has 1 aromatic heterocycles. The quantitative estimate of drug-likeness (QED) is 0.482. The molecule has 0 radical (unpaired) electrons. The fourth-order valence-corrected chi connectivity index (χ4v) is 4.78. The lowest BCUT2D eigenvalue weighted by atomic mass is 9.94. The summed E-state index contributed by atoms with van der Waals surface area (Å²) in [5.41, 5.74) is 8.21. The van der Waals surface area contributed by atoms with E-state index in [-0.39, 0.29) is 5.91 Å². The number of hydrogen-bond acceptors (Lipinski definition) is 3.